The Hall–Kier alpha value is -3.73. The molecule has 4 aromatic rings. The van der Waals surface area contributed by atoms with Gasteiger partial charge >= 0.3 is 0 Å². The maximum absolute atomic E-state index is 13.9. The number of carbonyl (C=O) groups excluding carboxylic acids is 1. The highest BCUT2D eigenvalue weighted by Gasteiger charge is 2.30. The minimum Gasteiger partial charge on any atom is -0.457 e. The van der Waals surface area contributed by atoms with E-state index in [-0.39, 0.29) is 17.6 Å². The summed E-state index contributed by atoms with van der Waals surface area (Å²) in [6.07, 6.45) is 5.72. The zero-order chi connectivity index (χ0) is 24.2. The van der Waals surface area contributed by atoms with E-state index < -0.39 is 0 Å². The number of carbonyl (C=O) groups is 1. The van der Waals surface area contributed by atoms with Crippen LogP contribution in [0.5, 0.6) is 11.5 Å². The van der Waals surface area contributed by atoms with E-state index in [9.17, 15) is 9.18 Å². The first-order valence-corrected chi connectivity index (χ1v) is 12.2. The third-order valence-electron chi connectivity index (χ3n) is 7.15. The van der Waals surface area contributed by atoms with Crippen molar-refractivity contribution in [2.75, 3.05) is 5.32 Å². The number of rotatable bonds is 6. The van der Waals surface area contributed by atoms with Crippen molar-refractivity contribution >= 4 is 22.5 Å². The molecule has 35 heavy (non-hydrogen) atoms. The van der Waals surface area contributed by atoms with Crippen molar-refractivity contribution in [3.8, 4) is 11.5 Å². The molecular formula is C30H29FN2O2. The van der Waals surface area contributed by atoms with Gasteiger partial charge in [-0.05, 0) is 91.6 Å². The summed E-state index contributed by atoms with van der Waals surface area (Å²) in [4.78, 5) is 17.4. The Kier molecular flexibility index (Phi) is 6.75. The summed E-state index contributed by atoms with van der Waals surface area (Å²) in [5.41, 5.74) is 2.73. The molecule has 0 radical (unpaired) electrons. The SMILES string of the molecule is CC(C(=O)Nc1cccc(Oc2ccccc2)c1)C1CCC(c2ccnc3ccc(F)cc23)CC1. The lowest BCUT2D eigenvalue weighted by Crippen LogP contribution is -2.29. The highest BCUT2D eigenvalue weighted by molar-refractivity contribution is 5.92. The summed E-state index contributed by atoms with van der Waals surface area (Å²) in [6.45, 7) is 2.02. The third-order valence-corrected chi connectivity index (χ3v) is 7.15. The van der Waals surface area contributed by atoms with E-state index in [1.54, 1.807) is 12.1 Å². The number of hydrogen-bond donors (Lipinski definition) is 1. The normalized spacial score (nSPS) is 18.7. The van der Waals surface area contributed by atoms with Gasteiger partial charge in [-0.15, -0.1) is 0 Å². The van der Waals surface area contributed by atoms with E-state index in [4.69, 9.17) is 4.74 Å². The van der Waals surface area contributed by atoms with Crippen molar-refractivity contribution in [2.24, 2.45) is 11.8 Å². The molecule has 4 nitrogen and oxygen atoms in total. The van der Waals surface area contributed by atoms with Gasteiger partial charge in [-0.2, -0.15) is 0 Å². The zero-order valence-electron chi connectivity index (χ0n) is 19.8. The number of hydrogen-bond acceptors (Lipinski definition) is 3. The van der Waals surface area contributed by atoms with E-state index in [1.807, 2.05) is 73.8 Å². The maximum Gasteiger partial charge on any atom is 0.227 e. The first-order chi connectivity index (χ1) is 17.1. The summed E-state index contributed by atoms with van der Waals surface area (Å²) >= 11 is 0. The maximum atomic E-state index is 13.9. The molecule has 0 aliphatic heterocycles. The zero-order valence-corrected chi connectivity index (χ0v) is 19.8. The van der Waals surface area contributed by atoms with E-state index >= 15 is 0 Å². The number of halogens is 1. The molecular weight excluding hydrogens is 439 g/mol. The molecule has 1 atom stereocenters. The number of pyridine rings is 1. The number of aromatic nitrogens is 1. The molecule has 5 rings (SSSR count). The Morgan fingerprint density at radius 3 is 2.51 bits per heavy atom. The number of nitrogens with one attached hydrogen (secondary N) is 1. The number of amides is 1. The summed E-state index contributed by atoms with van der Waals surface area (Å²) < 4.78 is 19.8. The molecule has 1 aliphatic carbocycles. The lowest BCUT2D eigenvalue weighted by Gasteiger charge is -2.32. The van der Waals surface area contributed by atoms with Gasteiger partial charge in [0.05, 0.1) is 5.52 Å². The molecule has 1 fully saturated rings. The molecule has 1 N–H and O–H groups in total. The summed E-state index contributed by atoms with van der Waals surface area (Å²) in [6, 6.07) is 23.9. The van der Waals surface area contributed by atoms with Gasteiger partial charge in [0.2, 0.25) is 5.91 Å². The Morgan fingerprint density at radius 2 is 1.71 bits per heavy atom. The molecule has 1 amide bonds. The van der Waals surface area contributed by atoms with Crippen LogP contribution in [0.1, 0.15) is 44.1 Å². The molecule has 0 bridgehead atoms. The van der Waals surface area contributed by atoms with Crippen molar-refractivity contribution in [1.29, 1.82) is 0 Å². The van der Waals surface area contributed by atoms with Crippen LogP contribution in [-0.2, 0) is 4.79 Å². The molecule has 1 heterocycles. The Labute approximate surface area is 205 Å². The Bertz CT molecular complexity index is 1320. The molecule has 1 aliphatic rings. The van der Waals surface area contributed by atoms with Crippen LogP contribution in [0, 0.1) is 17.7 Å². The molecule has 0 spiro atoms. The molecule has 1 saturated carbocycles. The fraction of sp³-hybridized carbons (Fsp3) is 0.267. The van der Waals surface area contributed by atoms with Crippen LogP contribution in [0.2, 0.25) is 0 Å². The highest BCUT2D eigenvalue weighted by atomic mass is 19.1. The topological polar surface area (TPSA) is 51.2 Å². The van der Waals surface area contributed by atoms with Gasteiger partial charge in [-0.3, -0.25) is 9.78 Å². The van der Waals surface area contributed by atoms with E-state index in [0.29, 0.717) is 17.6 Å². The fourth-order valence-corrected chi connectivity index (χ4v) is 5.16. The number of anilines is 1. The predicted octanol–water partition coefficient (Wildman–Crippen LogP) is 7.71. The van der Waals surface area contributed by atoms with Gasteiger partial charge in [0.1, 0.15) is 17.3 Å². The fourth-order valence-electron chi connectivity index (χ4n) is 5.16. The highest BCUT2D eigenvalue weighted by Crippen LogP contribution is 2.41. The van der Waals surface area contributed by atoms with Crippen molar-refractivity contribution in [3.63, 3.8) is 0 Å². The van der Waals surface area contributed by atoms with Gasteiger partial charge in [0.25, 0.3) is 0 Å². The van der Waals surface area contributed by atoms with Crippen molar-refractivity contribution in [3.05, 3.63) is 96.4 Å². The number of ether oxygens (including phenoxy) is 1. The van der Waals surface area contributed by atoms with Crippen LogP contribution in [0.4, 0.5) is 10.1 Å². The van der Waals surface area contributed by atoms with Gasteiger partial charge < -0.3 is 10.1 Å². The summed E-state index contributed by atoms with van der Waals surface area (Å²) in [7, 11) is 0. The van der Waals surface area contributed by atoms with Crippen LogP contribution >= 0.6 is 0 Å². The molecule has 178 valence electrons. The predicted molar refractivity (Wildman–Crippen MR) is 137 cm³/mol. The number of para-hydroxylation sites is 1. The van der Waals surface area contributed by atoms with Gasteiger partial charge in [-0.25, -0.2) is 4.39 Å². The second-order valence-corrected chi connectivity index (χ2v) is 9.39. The Balaban J connectivity index is 1.20. The van der Waals surface area contributed by atoms with Crippen LogP contribution < -0.4 is 10.1 Å². The molecule has 3 aromatic carbocycles. The lowest BCUT2D eigenvalue weighted by atomic mass is 9.73. The van der Waals surface area contributed by atoms with Gasteiger partial charge in [-0.1, -0.05) is 31.2 Å². The van der Waals surface area contributed by atoms with Gasteiger partial charge in [0, 0.05) is 29.3 Å². The van der Waals surface area contributed by atoms with Crippen LogP contribution in [0.25, 0.3) is 10.9 Å². The first kappa shape index (κ1) is 23.0. The second kappa shape index (κ2) is 10.3. The molecule has 1 unspecified atom stereocenters. The van der Waals surface area contributed by atoms with Crippen molar-refractivity contribution in [2.45, 2.75) is 38.5 Å². The monoisotopic (exact) mass is 468 g/mol. The average molecular weight is 469 g/mol. The smallest absolute Gasteiger partial charge is 0.227 e. The molecule has 0 saturated heterocycles. The van der Waals surface area contributed by atoms with E-state index in [0.717, 1.165) is 48.0 Å². The first-order valence-electron chi connectivity index (χ1n) is 12.2. The van der Waals surface area contributed by atoms with Crippen LogP contribution in [0.3, 0.4) is 0 Å². The number of fused-ring (bicyclic) bond motifs is 1. The number of benzene rings is 3. The lowest BCUT2D eigenvalue weighted by molar-refractivity contribution is -0.121. The molecule has 5 heteroatoms. The number of nitrogens with zero attached hydrogens (tertiary/aromatic N) is 1. The Morgan fingerprint density at radius 1 is 0.943 bits per heavy atom. The van der Waals surface area contributed by atoms with Crippen LogP contribution in [-0.4, -0.2) is 10.9 Å². The summed E-state index contributed by atoms with van der Waals surface area (Å²) in [5, 5.41) is 3.97. The molecule has 1 aromatic heterocycles. The van der Waals surface area contributed by atoms with E-state index in [1.165, 1.54) is 11.6 Å². The summed E-state index contributed by atoms with van der Waals surface area (Å²) in [5.74, 6) is 1.82. The van der Waals surface area contributed by atoms with Crippen LogP contribution in [0.15, 0.2) is 85.1 Å². The van der Waals surface area contributed by atoms with Crippen molar-refractivity contribution < 1.29 is 13.9 Å². The largest absolute Gasteiger partial charge is 0.457 e. The minimum absolute atomic E-state index is 0.0294. The van der Waals surface area contributed by atoms with Crippen molar-refractivity contribution in [1.82, 2.24) is 4.98 Å². The quantitative estimate of drug-likeness (QED) is 0.315. The van der Waals surface area contributed by atoms with E-state index in [2.05, 4.69) is 10.3 Å². The average Bonchev–Trinajstić information content (AvgIpc) is 2.89. The third kappa shape index (κ3) is 5.35. The second-order valence-electron chi connectivity index (χ2n) is 9.39. The minimum atomic E-state index is -0.232. The van der Waals surface area contributed by atoms with Gasteiger partial charge in [0.15, 0.2) is 0 Å². The standard InChI is InChI=1S/C30H29FN2O2/c1-20(30(34)33-24-6-5-9-26(19-24)35-25-7-3-2-4-8-25)21-10-12-22(13-11-21)27-16-17-32-29-15-14-23(31)18-28(27)29/h2-9,14-22H,10-13H2,1H3,(H,33,34).